The van der Waals surface area contributed by atoms with Crippen molar-refractivity contribution in [3.8, 4) is 0 Å². The van der Waals surface area contributed by atoms with Crippen molar-refractivity contribution in [3.05, 3.63) is 34.6 Å². The van der Waals surface area contributed by atoms with Crippen LogP contribution in [0.15, 0.2) is 18.2 Å². The zero-order valence-electron chi connectivity index (χ0n) is 8.26. The molecule has 2 nitrogen and oxygen atoms in total. The summed E-state index contributed by atoms with van der Waals surface area (Å²) in [5.74, 6) is -0.451. The average molecular weight is 230 g/mol. The summed E-state index contributed by atoms with van der Waals surface area (Å²) in [5, 5.41) is 13.5. The summed E-state index contributed by atoms with van der Waals surface area (Å²) in [6.45, 7) is 1.41. The highest BCUT2D eigenvalue weighted by molar-refractivity contribution is 6.30. The van der Waals surface area contributed by atoms with Gasteiger partial charge in [-0.15, -0.1) is 0 Å². The summed E-state index contributed by atoms with van der Waals surface area (Å²) in [5.41, 5.74) is -0.226. The molecule has 2 rings (SSSR count). The van der Waals surface area contributed by atoms with Gasteiger partial charge in [0.1, 0.15) is 11.4 Å². The first-order chi connectivity index (χ1) is 7.12. The molecule has 4 heteroatoms. The molecule has 1 saturated heterocycles. The standard InChI is InChI=1S/C11H13ClFNO/c12-9-6-8(2-3-10(9)13)11(15)4-1-5-14-7-11/h2-3,6,14-15H,1,4-5,7H2. The number of benzene rings is 1. The maximum absolute atomic E-state index is 13.0. The van der Waals surface area contributed by atoms with Crippen LogP contribution in [0, 0.1) is 5.82 Å². The molecule has 1 aliphatic rings. The highest BCUT2D eigenvalue weighted by Crippen LogP contribution is 2.30. The fourth-order valence-corrected chi connectivity index (χ4v) is 2.10. The number of piperidine rings is 1. The smallest absolute Gasteiger partial charge is 0.141 e. The molecule has 82 valence electrons. The lowest BCUT2D eigenvalue weighted by molar-refractivity contribution is 0.0123. The van der Waals surface area contributed by atoms with Crippen LogP contribution in [0.2, 0.25) is 5.02 Å². The van der Waals surface area contributed by atoms with Gasteiger partial charge in [0.25, 0.3) is 0 Å². The van der Waals surface area contributed by atoms with Crippen molar-refractivity contribution in [2.24, 2.45) is 0 Å². The fourth-order valence-electron chi connectivity index (χ4n) is 1.92. The van der Waals surface area contributed by atoms with Gasteiger partial charge in [0, 0.05) is 6.54 Å². The van der Waals surface area contributed by atoms with Crippen molar-refractivity contribution in [1.29, 1.82) is 0 Å². The number of β-amino-alcohol motifs (C(OH)–C–C–N with tert-alkyl or cyclic N) is 1. The predicted octanol–water partition coefficient (Wildman–Crippen LogP) is 2.05. The van der Waals surface area contributed by atoms with Gasteiger partial charge in [-0.1, -0.05) is 17.7 Å². The van der Waals surface area contributed by atoms with Gasteiger partial charge in [-0.2, -0.15) is 0 Å². The van der Waals surface area contributed by atoms with Gasteiger partial charge in [-0.25, -0.2) is 4.39 Å². The Morgan fingerprint density at radius 2 is 2.27 bits per heavy atom. The normalized spacial score (nSPS) is 26.6. The first-order valence-corrected chi connectivity index (χ1v) is 5.38. The molecule has 2 N–H and O–H groups in total. The van der Waals surface area contributed by atoms with Crippen LogP contribution >= 0.6 is 11.6 Å². The van der Waals surface area contributed by atoms with Crippen LogP contribution in [-0.2, 0) is 5.60 Å². The van der Waals surface area contributed by atoms with Crippen molar-refractivity contribution in [2.45, 2.75) is 18.4 Å². The highest BCUT2D eigenvalue weighted by atomic mass is 35.5. The second kappa shape index (κ2) is 4.08. The minimum Gasteiger partial charge on any atom is -0.384 e. The van der Waals surface area contributed by atoms with E-state index in [0.717, 1.165) is 13.0 Å². The van der Waals surface area contributed by atoms with Gasteiger partial charge in [0.05, 0.1) is 5.02 Å². The largest absolute Gasteiger partial charge is 0.384 e. The summed E-state index contributed by atoms with van der Waals surface area (Å²) >= 11 is 5.69. The SMILES string of the molecule is OC1(c2ccc(F)c(Cl)c2)CCCNC1. The number of rotatable bonds is 1. The Labute approximate surface area is 93.1 Å². The third kappa shape index (κ3) is 2.14. The predicted molar refractivity (Wildman–Crippen MR) is 57.4 cm³/mol. The minimum atomic E-state index is -0.907. The fraction of sp³-hybridized carbons (Fsp3) is 0.455. The molecule has 0 aromatic heterocycles. The Bertz CT molecular complexity index is 364. The molecule has 0 spiro atoms. The summed E-state index contributed by atoms with van der Waals surface area (Å²) in [6.07, 6.45) is 1.59. The molecule has 0 saturated carbocycles. The molecular formula is C11H13ClFNO. The Hall–Kier alpha value is -0.640. The molecule has 1 aliphatic heterocycles. The van der Waals surface area contributed by atoms with E-state index in [0.29, 0.717) is 18.5 Å². The van der Waals surface area contributed by atoms with Crippen LogP contribution in [0.5, 0.6) is 0 Å². The van der Waals surface area contributed by atoms with E-state index in [1.165, 1.54) is 12.1 Å². The van der Waals surface area contributed by atoms with Crippen molar-refractivity contribution in [3.63, 3.8) is 0 Å². The monoisotopic (exact) mass is 229 g/mol. The van der Waals surface area contributed by atoms with E-state index in [-0.39, 0.29) is 5.02 Å². The Balaban J connectivity index is 2.31. The topological polar surface area (TPSA) is 32.3 Å². The Morgan fingerprint density at radius 3 is 2.87 bits per heavy atom. The minimum absolute atomic E-state index is 0.0616. The van der Waals surface area contributed by atoms with Gasteiger partial charge in [0.15, 0.2) is 0 Å². The highest BCUT2D eigenvalue weighted by Gasteiger charge is 2.31. The molecule has 0 aliphatic carbocycles. The van der Waals surface area contributed by atoms with E-state index in [4.69, 9.17) is 11.6 Å². The van der Waals surface area contributed by atoms with Crippen molar-refractivity contribution in [1.82, 2.24) is 5.32 Å². The van der Waals surface area contributed by atoms with E-state index in [2.05, 4.69) is 5.32 Å². The van der Waals surface area contributed by atoms with E-state index in [1.54, 1.807) is 6.07 Å². The van der Waals surface area contributed by atoms with E-state index in [1.807, 2.05) is 0 Å². The number of hydrogen-bond donors (Lipinski definition) is 2. The quantitative estimate of drug-likeness (QED) is 0.773. The second-order valence-corrected chi connectivity index (χ2v) is 4.35. The molecule has 1 aromatic rings. The molecule has 0 amide bonds. The van der Waals surface area contributed by atoms with Crippen LogP contribution in [0.25, 0.3) is 0 Å². The Morgan fingerprint density at radius 1 is 1.47 bits per heavy atom. The van der Waals surface area contributed by atoms with Crippen LogP contribution in [0.1, 0.15) is 18.4 Å². The van der Waals surface area contributed by atoms with Gasteiger partial charge in [-0.05, 0) is 37.1 Å². The molecule has 1 unspecified atom stereocenters. The van der Waals surface area contributed by atoms with E-state index >= 15 is 0 Å². The van der Waals surface area contributed by atoms with E-state index < -0.39 is 11.4 Å². The van der Waals surface area contributed by atoms with Crippen LogP contribution in [-0.4, -0.2) is 18.2 Å². The zero-order valence-corrected chi connectivity index (χ0v) is 9.02. The molecule has 1 aromatic carbocycles. The van der Waals surface area contributed by atoms with E-state index in [9.17, 15) is 9.50 Å². The van der Waals surface area contributed by atoms with Gasteiger partial charge in [0.2, 0.25) is 0 Å². The van der Waals surface area contributed by atoms with Gasteiger partial charge >= 0.3 is 0 Å². The molecule has 1 atom stereocenters. The van der Waals surface area contributed by atoms with Crippen molar-refractivity contribution < 1.29 is 9.50 Å². The number of hydrogen-bond acceptors (Lipinski definition) is 2. The summed E-state index contributed by atoms with van der Waals surface area (Å²) in [4.78, 5) is 0. The van der Waals surface area contributed by atoms with Crippen LogP contribution in [0.3, 0.4) is 0 Å². The van der Waals surface area contributed by atoms with Crippen LogP contribution in [0.4, 0.5) is 4.39 Å². The number of aliphatic hydroxyl groups is 1. The molecule has 15 heavy (non-hydrogen) atoms. The number of halogens is 2. The lowest BCUT2D eigenvalue weighted by atomic mass is 9.87. The molecule has 1 fully saturated rings. The third-order valence-corrected chi connectivity index (χ3v) is 3.11. The summed E-state index contributed by atoms with van der Waals surface area (Å²) in [7, 11) is 0. The number of nitrogens with one attached hydrogen (secondary N) is 1. The maximum atomic E-state index is 13.0. The lowest BCUT2D eigenvalue weighted by Gasteiger charge is -2.33. The first-order valence-electron chi connectivity index (χ1n) is 5.00. The zero-order chi connectivity index (χ0) is 10.9. The second-order valence-electron chi connectivity index (χ2n) is 3.94. The molecule has 1 heterocycles. The molecule has 0 radical (unpaired) electrons. The third-order valence-electron chi connectivity index (χ3n) is 2.82. The molecule has 0 bridgehead atoms. The maximum Gasteiger partial charge on any atom is 0.141 e. The van der Waals surface area contributed by atoms with Crippen molar-refractivity contribution >= 4 is 11.6 Å². The van der Waals surface area contributed by atoms with Gasteiger partial charge in [-0.3, -0.25) is 0 Å². The summed E-state index contributed by atoms with van der Waals surface area (Å²) in [6, 6.07) is 4.39. The first kappa shape index (κ1) is 10.9. The average Bonchev–Trinajstić information content (AvgIpc) is 2.23. The van der Waals surface area contributed by atoms with Gasteiger partial charge < -0.3 is 10.4 Å². The Kier molecular flexibility index (Phi) is 2.96. The molecular weight excluding hydrogens is 217 g/mol. The lowest BCUT2D eigenvalue weighted by Crippen LogP contribution is -2.43. The van der Waals surface area contributed by atoms with Crippen molar-refractivity contribution in [2.75, 3.05) is 13.1 Å². The van der Waals surface area contributed by atoms with Crippen LogP contribution < -0.4 is 5.32 Å². The summed E-state index contributed by atoms with van der Waals surface area (Å²) < 4.78 is 13.0.